The molecule has 2 N–H and O–H groups in total. The van der Waals surface area contributed by atoms with E-state index in [0.29, 0.717) is 28.0 Å². The lowest BCUT2D eigenvalue weighted by Gasteiger charge is -2.14. The number of urea groups is 1. The minimum absolute atomic E-state index is 0.213. The van der Waals surface area contributed by atoms with Crippen LogP contribution in [0.4, 0.5) is 16.3 Å². The highest BCUT2D eigenvalue weighted by atomic mass is 35.5. The molecule has 0 radical (unpaired) electrons. The molecule has 9 nitrogen and oxygen atoms in total. The minimum atomic E-state index is -0.421. The van der Waals surface area contributed by atoms with Crippen LogP contribution in [0.2, 0.25) is 5.02 Å². The van der Waals surface area contributed by atoms with Gasteiger partial charge in [-0.3, -0.25) is 15.1 Å². The van der Waals surface area contributed by atoms with Gasteiger partial charge in [-0.2, -0.15) is 5.10 Å². The molecule has 0 aliphatic heterocycles. The molecule has 0 bridgehead atoms. The van der Waals surface area contributed by atoms with Crippen molar-refractivity contribution in [3.8, 4) is 17.2 Å². The van der Waals surface area contributed by atoms with Gasteiger partial charge in [-0.25, -0.2) is 9.48 Å². The van der Waals surface area contributed by atoms with Crippen LogP contribution in [0.15, 0.2) is 72.9 Å². The molecule has 4 aromatic rings. The van der Waals surface area contributed by atoms with Crippen LogP contribution < -0.4 is 15.4 Å². The third-order valence-electron chi connectivity index (χ3n) is 5.50. The third kappa shape index (κ3) is 6.49. The van der Waals surface area contributed by atoms with Crippen molar-refractivity contribution in [2.45, 2.75) is 26.2 Å². The lowest BCUT2D eigenvalue weighted by atomic mass is 9.92. The predicted octanol–water partition coefficient (Wildman–Crippen LogP) is 6.36. The largest absolute Gasteiger partial charge is 0.457 e. The Morgan fingerprint density at radius 1 is 0.921 bits per heavy atom. The maximum absolute atomic E-state index is 12.9. The van der Waals surface area contributed by atoms with E-state index in [9.17, 15) is 9.59 Å². The fraction of sp³-hybridized carbons (Fsp3) is 0.214. The van der Waals surface area contributed by atoms with Gasteiger partial charge in [0, 0.05) is 48.5 Å². The topological polar surface area (TPSA) is 101 Å². The number of benzene rings is 2. The van der Waals surface area contributed by atoms with E-state index < -0.39 is 6.03 Å². The molecule has 0 saturated carbocycles. The molecule has 0 aliphatic rings. The zero-order valence-electron chi connectivity index (χ0n) is 21.8. The van der Waals surface area contributed by atoms with Crippen molar-refractivity contribution < 1.29 is 14.3 Å². The number of carbonyl (C=O) groups excluding carboxylic acids is 2. The van der Waals surface area contributed by atoms with E-state index in [1.54, 1.807) is 67.3 Å². The van der Waals surface area contributed by atoms with Crippen molar-refractivity contribution in [3.63, 3.8) is 0 Å². The molecule has 4 rings (SSSR count). The first-order chi connectivity index (χ1) is 18.0. The highest BCUT2D eigenvalue weighted by Gasteiger charge is 2.21. The van der Waals surface area contributed by atoms with Crippen LogP contribution in [0.1, 0.15) is 37.0 Å². The number of halogens is 1. The van der Waals surface area contributed by atoms with E-state index in [1.807, 2.05) is 18.2 Å². The normalized spacial score (nSPS) is 11.1. The summed E-state index contributed by atoms with van der Waals surface area (Å²) in [6, 6.07) is 18.8. The SMILES string of the molecule is CN(C)C(=O)c1cc(Oc2ccc(NC(=O)Nc3cc(C(C)(C)C)nn3-c3ccc(Cl)cc3)cc2)ccn1. The Morgan fingerprint density at radius 3 is 2.24 bits per heavy atom. The number of aromatic nitrogens is 3. The summed E-state index contributed by atoms with van der Waals surface area (Å²) in [6.45, 7) is 6.17. The first-order valence-corrected chi connectivity index (χ1v) is 12.3. The second-order valence-electron chi connectivity index (χ2n) is 9.83. The van der Waals surface area contributed by atoms with Gasteiger partial charge < -0.3 is 15.0 Å². The van der Waals surface area contributed by atoms with Gasteiger partial charge >= 0.3 is 6.03 Å². The molecule has 2 aromatic heterocycles. The Morgan fingerprint density at radius 2 is 1.61 bits per heavy atom. The Kier molecular flexibility index (Phi) is 7.68. The number of hydrogen-bond donors (Lipinski definition) is 2. The van der Waals surface area contributed by atoms with E-state index in [-0.39, 0.29) is 17.0 Å². The first-order valence-electron chi connectivity index (χ1n) is 11.9. The number of hydrogen-bond acceptors (Lipinski definition) is 5. The van der Waals surface area contributed by atoms with Gasteiger partial charge in [0.05, 0.1) is 11.4 Å². The Balaban J connectivity index is 1.45. The van der Waals surface area contributed by atoms with Crippen LogP contribution in [0.5, 0.6) is 11.5 Å². The van der Waals surface area contributed by atoms with Gasteiger partial charge in [-0.15, -0.1) is 0 Å². The zero-order valence-corrected chi connectivity index (χ0v) is 22.6. The molecule has 38 heavy (non-hydrogen) atoms. The zero-order chi connectivity index (χ0) is 27.4. The molecule has 0 spiro atoms. The van der Waals surface area contributed by atoms with Crippen molar-refractivity contribution in [2.75, 3.05) is 24.7 Å². The molecule has 0 aliphatic carbocycles. The van der Waals surface area contributed by atoms with E-state index in [0.717, 1.165) is 11.4 Å². The van der Waals surface area contributed by atoms with Crippen molar-refractivity contribution >= 4 is 35.0 Å². The molecular formula is C28H29ClN6O3. The van der Waals surface area contributed by atoms with Gasteiger partial charge in [0.15, 0.2) is 0 Å². The van der Waals surface area contributed by atoms with Gasteiger partial charge in [0.25, 0.3) is 5.91 Å². The van der Waals surface area contributed by atoms with Gasteiger partial charge in [-0.05, 0) is 54.6 Å². The summed E-state index contributed by atoms with van der Waals surface area (Å²) in [6.07, 6.45) is 1.52. The molecule has 3 amide bonds. The van der Waals surface area contributed by atoms with Crippen LogP contribution in [-0.4, -0.2) is 45.7 Å². The molecular weight excluding hydrogens is 504 g/mol. The maximum atomic E-state index is 12.9. The fourth-order valence-electron chi connectivity index (χ4n) is 3.46. The Labute approximate surface area is 226 Å². The highest BCUT2D eigenvalue weighted by Crippen LogP contribution is 2.27. The number of amides is 3. The van der Waals surface area contributed by atoms with Crippen LogP contribution >= 0.6 is 11.6 Å². The first kappa shape index (κ1) is 26.7. The quantitative estimate of drug-likeness (QED) is 0.301. The summed E-state index contributed by atoms with van der Waals surface area (Å²) in [7, 11) is 3.32. The number of nitrogens with zero attached hydrogens (tertiary/aromatic N) is 4. The number of pyridine rings is 1. The van der Waals surface area contributed by atoms with Crippen LogP contribution in [-0.2, 0) is 5.41 Å². The standard InChI is InChI=1S/C28H29ClN6O3/c1-28(2,3)24-17-25(35(33-24)20-10-6-18(29)7-11-20)32-27(37)31-19-8-12-21(13-9-19)38-22-14-15-30-23(16-22)26(36)34(4)5/h6-17H,1-5H3,(H2,31,32,37). The number of anilines is 2. The second-order valence-corrected chi connectivity index (χ2v) is 10.3. The number of rotatable bonds is 6. The summed E-state index contributed by atoms with van der Waals surface area (Å²) in [4.78, 5) is 30.5. The molecule has 0 saturated heterocycles. The van der Waals surface area contributed by atoms with E-state index in [1.165, 1.54) is 11.1 Å². The third-order valence-corrected chi connectivity index (χ3v) is 5.75. The highest BCUT2D eigenvalue weighted by molar-refractivity contribution is 6.30. The maximum Gasteiger partial charge on any atom is 0.324 e. The summed E-state index contributed by atoms with van der Waals surface area (Å²) in [5.41, 5.74) is 2.25. The van der Waals surface area contributed by atoms with Gasteiger partial charge in [-0.1, -0.05) is 32.4 Å². The number of carbonyl (C=O) groups is 2. The number of nitrogens with one attached hydrogen (secondary N) is 2. The smallest absolute Gasteiger partial charge is 0.324 e. The van der Waals surface area contributed by atoms with E-state index in [2.05, 4.69) is 36.4 Å². The molecule has 196 valence electrons. The second kappa shape index (κ2) is 10.9. The van der Waals surface area contributed by atoms with Crippen LogP contribution in [0.3, 0.4) is 0 Å². The molecule has 2 aromatic carbocycles. The van der Waals surface area contributed by atoms with Crippen molar-refractivity contribution in [2.24, 2.45) is 0 Å². The van der Waals surface area contributed by atoms with Crippen molar-refractivity contribution in [1.29, 1.82) is 0 Å². The summed E-state index contributed by atoms with van der Waals surface area (Å²) in [5, 5.41) is 11.0. The fourth-order valence-corrected chi connectivity index (χ4v) is 3.58. The lowest BCUT2D eigenvalue weighted by molar-refractivity contribution is 0.0821. The lowest BCUT2D eigenvalue weighted by Crippen LogP contribution is -2.22. The molecule has 0 unspecified atom stereocenters. The summed E-state index contributed by atoms with van der Waals surface area (Å²) < 4.78 is 7.53. The Hall–Kier alpha value is -4.37. The predicted molar refractivity (Wildman–Crippen MR) is 149 cm³/mol. The average molecular weight is 533 g/mol. The van der Waals surface area contributed by atoms with Crippen LogP contribution in [0.25, 0.3) is 5.69 Å². The van der Waals surface area contributed by atoms with Crippen LogP contribution in [0, 0.1) is 0 Å². The summed E-state index contributed by atoms with van der Waals surface area (Å²) in [5.74, 6) is 1.33. The van der Waals surface area contributed by atoms with E-state index >= 15 is 0 Å². The average Bonchev–Trinajstić information content (AvgIpc) is 3.29. The molecule has 0 atom stereocenters. The monoisotopic (exact) mass is 532 g/mol. The van der Waals surface area contributed by atoms with Gasteiger partial charge in [0.2, 0.25) is 0 Å². The minimum Gasteiger partial charge on any atom is -0.457 e. The molecule has 2 heterocycles. The summed E-state index contributed by atoms with van der Waals surface area (Å²) >= 11 is 6.04. The van der Waals surface area contributed by atoms with Gasteiger partial charge in [0.1, 0.15) is 23.0 Å². The molecule has 0 fully saturated rings. The van der Waals surface area contributed by atoms with E-state index in [4.69, 9.17) is 21.4 Å². The molecule has 10 heteroatoms. The Bertz CT molecular complexity index is 1440. The van der Waals surface area contributed by atoms with Crippen molar-refractivity contribution in [3.05, 3.63) is 89.3 Å². The number of ether oxygens (including phenoxy) is 1. The van der Waals surface area contributed by atoms with Crippen molar-refractivity contribution in [1.82, 2.24) is 19.7 Å².